The van der Waals surface area contributed by atoms with Gasteiger partial charge >= 0.3 is 0 Å². The van der Waals surface area contributed by atoms with Crippen LogP contribution in [0.1, 0.15) is 19.4 Å². The van der Waals surface area contributed by atoms with E-state index in [1.165, 1.54) is 5.56 Å². The molecule has 3 nitrogen and oxygen atoms in total. The fourth-order valence-electron chi connectivity index (χ4n) is 1.71. The zero-order chi connectivity index (χ0) is 11.8. The Morgan fingerprint density at radius 1 is 1.31 bits per heavy atom. The van der Waals surface area contributed by atoms with Crippen molar-refractivity contribution in [3.05, 3.63) is 30.1 Å². The van der Waals surface area contributed by atoms with Gasteiger partial charge in [-0.05, 0) is 43.6 Å². The first kappa shape index (κ1) is 13.1. The average molecular weight is 221 g/mol. The van der Waals surface area contributed by atoms with Crippen molar-refractivity contribution in [3.8, 4) is 0 Å². The summed E-state index contributed by atoms with van der Waals surface area (Å²) < 4.78 is 0. The topological polar surface area (TPSA) is 37.0 Å². The molecule has 0 bridgehead atoms. The van der Waals surface area contributed by atoms with E-state index in [2.05, 4.69) is 35.5 Å². The first-order chi connectivity index (χ1) is 7.74. The summed E-state index contributed by atoms with van der Waals surface area (Å²) in [6.45, 7) is 7.56. The van der Waals surface area contributed by atoms with E-state index in [-0.39, 0.29) is 0 Å². The van der Waals surface area contributed by atoms with Crippen LogP contribution in [-0.4, -0.2) is 25.1 Å². The number of hydrogen-bond donors (Lipinski definition) is 2. The van der Waals surface area contributed by atoms with Gasteiger partial charge in [-0.15, -0.1) is 0 Å². The molecule has 0 aromatic carbocycles. The Balaban J connectivity index is 2.28. The largest absolute Gasteiger partial charge is 0.319 e. The van der Waals surface area contributed by atoms with E-state index in [1.54, 1.807) is 6.20 Å². The third-order valence-electron chi connectivity index (χ3n) is 2.87. The summed E-state index contributed by atoms with van der Waals surface area (Å²) in [6.07, 6.45) is 3.72. The van der Waals surface area contributed by atoms with Crippen LogP contribution in [0.3, 0.4) is 0 Å². The van der Waals surface area contributed by atoms with Gasteiger partial charge in [0.25, 0.3) is 0 Å². The molecule has 1 unspecified atom stereocenters. The van der Waals surface area contributed by atoms with Crippen molar-refractivity contribution in [2.75, 3.05) is 20.1 Å². The molecule has 0 spiro atoms. The third-order valence-corrected chi connectivity index (χ3v) is 2.87. The second-order valence-corrected chi connectivity index (χ2v) is 4.55. The molecule has 90 valence electrons. The summed E-state index contributed by atoms with van der Waals surface area (Å²) in [5, 5.41) is 6.73. The second-order valence-electron chi connectivity index (χ2n) is 4.55. The Hall–Kier alpha value is -0.930. The monoisotopic (exact) mass is 221 g/mol. The highest BCUT2D eigenvalue weighted by atomic mass is 14.9. The van der Waals surface area contributed by atoms with Crippen LogP contribution in [0.25, 0.3) is 0 Å². The van der Waals surface area contributed by atoms with Crippen molar-refractivity contribution in [3.63, 3.8) is 0 Å². The molecule has 0 aliphatic heterocycles. The predicted molar refractivity (Wildman–Crippen MR) is 68.2 cm³/mol. The Bertz CT molecular complexity index is 272. The van der Waals surface area contributed by atoms with Gasteiger partial charge in [0.05, 0.1) is 0 Å². The number of nitrogens with zero attached hydrogens (tertiary/aromatic N) is 1. The normalized spacial score (nSPS) is 13.0. The van der Waals surface area contributed by atoms with Crippen LogP contribution < -0.4 is 10.6 Å². The molecule has 1 atom stereocenters. The molecule has 1 rings (SSSR count). The predicted octanol–water partition coefficient (Wildman–Crippen LogP) is 1.66. The number of rotatable bonds is 7. The number of hydrogen-bond acceptors (Lipinski definition) is 3. The van der Waals surface area contributed by atoms with Crippen molar-refractivity contribution in [2.24, 2.45) is 11.8 Å². The van der Waals surface area contributed by atoms with E-state index < -0.39 is 0 Å². The molecule has 1 aromatic rings. The number of nitrogens with one attached hydrogen (secondary N) is 2. The molecule has 0 aliphatic carbocycles. The second kappa shape index (κ2) is 7.36. The van der Waals surface area contributed by atoms with Gasteiger partial charge in [-0.25, -0.2) is 0 Å². The van der Waals surface area contributed by atoms with Crippen LogP contribution in [0, 0.1) is 11.8 Å². The molecule has 0 aliphatic rings. The van der Waals surface area contributed by atoms with Crippen LogP contribution in [0.2, 0.25) is 0 Å². The van der Waals surface area contributed by atoms with E-state index in [4.69, 9.17) is 0 Å². The minimum Gasteiger partial charge on any atom is -0.319 e. The van der Waals surface area contributed by atoms with Crippen LogP contribution in [0.15, 0.2) is 24.5 Å². The van der Waals surface area contributed by atoms with Crippen molar-refractivity contribution in [2.45, 2.75) is 20.4 Å². The molecule has 3 heteroatoms. The minimum atomic E-state index is 0.682. The first-order valence-electron chi connectivity index (χ1n) is 5.98. The zero-order valence-corrected chi connectivity index (χ0v) is 10.5. The summed E-state index contributed by atoms with van der Waals surface area (Å²) in [7, 11) is 2.01. The maximum Gasteiger partial charge on any atom is 0.0312 e. The average Bonchev–Trinajstić information content (AvgIpc) is 2.29. The van der Waals surface area contributed by atoms with E-state index in [1.807, 2.05) is 19.3 Å². The number of pyridine rings is 1. The molecule has 0 radical (unpaired) electrons. The Kier molecular flexibility index (Phi) is 6.04. The lowest BCUT2D eigenvalue weighted by Crippen LogP contribution is -2.32. The smallest absolute Gasteiger partial charge is 0.0312 e. The highest BCUT2D eigenvalue weighted by molar-refractivity contribution is 5.07. The van der Waals surface area contributed by atoms with Crippen molar-refractivity contribution >= 4 is 0 Å². The lowest BCUT2D eigenvalue weighted by atomic mass is 9.96. The molecular weight excluding hydrogens is 198 g/mol. The molecule has 0 saturated carbocycles. The Labute approximate surface area is 98.7 Å². The van der Waals surface area contributed by atoms with Gasteiger partial charge in [-0.2, -0.15) is 0 Å². The zero-order valence-electron chi connectivity index (χ0n) is 10.5. The summed E-state index contributed by atoms with van der Waals surface area (Å²) in [5.74, 6) is 1.38. The first-order valence-corrected chi connectivity index (χ1v) is 5.98. The van der Waals surface area contributed by atoms with Gasteiger partial charge in [-0.3, -0.25) is 4.98 Å². The fraction of sp³-hybridized carbons (Fsp3) is 0.615. The van der Waals surface area contributed by atoms with Crippen LogP contribution >= 0.6 is 0 Å². The highest BCUT2D eigenvalue weighted by Gasteiger charge is 2.11. The van der Waals surface area contributed by atoms with Crippen molar-refractivity contribution in [1.29, 1.82) is 0 Å². The minimum absolute atomic E-state index is 0.682. The van der Waals surface area contributed by atoms with Crippen LogP contribution in [-0.2, 0) is 6.54 Å². The molecular formula is C13H23N3. The van der Waals surface area contributed by atoms with E-state index >= 15 is 0 Å². The van der Waals surface area contributed by atoms with Crippen LogP contribution in [0.4, 0.5) is 0 Å². The molecule has 16 heavy (non-hydrogen) atoms. The maximum absolute atomic E-state index is 4.10. The fourth-order valence-corrected chi connectivity index (χ4v) is 1.71. The highest BCUT2D eigenvalue weighted by Crippen LogP contribution is 2.08. The lowest BCUT2D eigenvalue weighted by molar-refractivity contribution is 0.352. The standard InChI is InChI=1S/C13H23N3/c1-11(2)13(9-14-3)10-16-8-12-5-4-6-15-7-12/h4-7,11,13-14,16H,8-10H2,1-3H3. The SMILES string of the molecule is CNCC(CNCc1cccnc1)C(C)C. The van der Waals surface area contributed by atoms with Gasteiger partial charge in [-0.1, -0.05) is 19.9 Å². The van der Waals surface area contributed by atoms with Crippen molar-refractivity contribution in [1.82, 2.24) is 15.6 Å². The van der Waals surface area contributed by atoms with Gasteiger partial charge in [0.2, 0.25) is 0 Å². The van der Waals surface area contributed by atoms with Gasteiger partial charge in [0, 0.05) is 18.9 Å². The van der Waals surface area contributed by atoms with E-state index in [0.717, 1.165) is 19.6 Å². The molecule has 0 amide bonds. The summed E-state index contributed by atoms with van der Waals surface area (Å²) >= 11 is 0. The maximum atomic E-state index is 4.10. The van der Waals surface area contributed by atoms with Crippen LogP contribution in [0.5, 0.6) is 0 Å². The summed E-state index contributed by atoms with van der Waals surface area (Å²) in [5.41, 5.74) is 1.24. The summed E-state index contributed by atoms with van der Waals surface area (Å²) in [6, 6.07) is 4.08. The number of aromatic nitrogens is 1. The van der Waals surface area contributed by atoms with E-state index in [9.17, 15) is 0 Å². The van der Waals surface area contributed by atoms with Gasteiger partial charge in [0.1, 0.15) is 0 Å². The summed E-state index contributed by atoms with van der Waals surface area (Å²) in [4.78, 5) is 4.10. The molecule has 0 saturated heterocycles. The quantitative estimate of drug-likeness (QED) is 0.735. The van der Waals surface area contributed by atoms with Gasteiger partial charge < -0.3 is 10.6 Å². The molecule has 0 fully saturated rings. The van der Waals surface area contributed by atoms with E-state index in [0.29, 0.717) is 11.8 Å². The Morgan fingerprint density at radius 3 is 2.69 bits per heavy atom. The molecule has 2 N–H and O–H groups in total. The third kappa shape index (κ3) is 4.73. The van der Waals surface area contributed by atoms with Crippen molar-refractivity contribution < 1.29 is 0 Å². The Morgan fingerprint density at radius 2 is 2.12 bits per heavy atom. The molecule has 1 aromatic heterocycles. The van der Waals surface area contributed by atoms with Gasteiger partial charge in [0.15, 0.2) is 0 Å². The molecule has 1 heterocycles. The lowest BCUT2D eigenvalue weighted by Gasteiger charge is -2.20.